The molecule has 1 atom stereocenters. The van der Waals surface area contributed by atoms with Gasteiger partial charge in [-0.3, -0.25) is 4.79 Å². The van der Waals surface area contributed by atoms with Crippen molar-refractivity contribution in [3.05, 3.63) is 42.4 Å². The normalized spacial score (nSPS) is 11.5. The van der Waals surface area contributed by atoms with Gasteiger partial charge in [0, 0.05) is 12.7 Å². The van der Waals surface area contributed by atoms with Crippen molar-refractivity contribution in [3.8, 4) is 11.3 Å². The summed E-state index contributed by atoms with van der Waals surface area (Å²) in [6.45, 7) is 0.438. The predicted octanol–water partition coefficient (Wildman–Crippen LogP) is 1.35. The van der Waals surface area contributed by atoms with Crippen LogP contribution in [-0.4, -0.2) is 30.6 Å². The molecule has 114 valence electrons. The third kappa shape index (κ3) is 4.56. The highest BCUT2D eigenvalue weighted by Gasteiger charge is 2.15. The van der Waals surface area contributed by atoms with E-state index < -0.39 is 6.04 Å². The molecule has 0 spiro atoms. The topological polar surface area (TPSA) is 90.4 Å². The van der Waals surface area contributed by atoms with Gasteiger partial charge in [0.1, 0.15) is 11.7 Å². The molecule has 1 heterocycles. The number of nitrogens with two attached hydrogens (primary N) is 1. The Morgan fingerprint density at radius 3 is 2.81 bits per heavy atom. The number of carbonyl (C=O) groups is 1. The van der Waals surface area contributed by atoms with E-state index in [9.17, 15) is 4.79 Å². The molecule has 1 amide bonds. The Labute approximate surface area is 129 Å². The lowest BCUT2D eigenvalue weighted by atomic mass is 10.1. The number of hydrogen-bond donors (Lipinski definition) is 2. The number of rotatable bonds is 6. The summed E-state index contributed by atoms with van der Waals surface area (Å²) in [7, 11) is 1.50. The fourth-order valence-corrected chi connectivity index (χ4v) is 1.78. The van der Waals surface area contributed by atoms with Crippen molar-refractivity contribution >= 4 is 18.3 Å². The number of halogens is 1. The highest BCUT2D eigenvalue weighted by molar-refractivity contribution is 5.85. The molecular formula is C14H18ClN3O3. The van der Waals surface area contributed by atoms with E-state index in [2.05, 4.69) is 10.3 Å². The summed E-state index contributed by atoms with van der Waals surface area (Å²) in [6.07, 6.45) is 1.36. The molecule has 6 nitrogen and oxygen atoms in total. The SMILES string of the molecule is COCC(N)C(=O)NCc1ncoc1-c1ccccc1.Cl. The number of methoxy groups -OCH3 is 1. The Morgan fingerprint density at radius 1 is 1.43 bits per heavy atom. The second-order valence-corrected chi connectivity index (χ2v) is 4.27. The molecule has 3 N–H and O–H groups in total. The maximum Gasteiger partial charge on any atom is 0.239 e. The van der Waals surface area contributed by atoms with Gasteiger partial charge in [0.2, 0.25) is 5.91 Å². The molecule has 0 saturated heterocycles. The summed E-state index contributed by atoms with van der Waals surface area (Å²) in [5.41, 5.74) is 7.21. The van der Waals surface area contributed by atoms with Gasteiger partial charge in [-0.2, -0.15) is 0 Å². The van der Waals surface area contributed by atoms with Crippen molar-refractivity contribution in [2.24, 2.45) is 5.73 Å². The lowest BCUT2D eigenvalue weighted by molar-refractivity contribution is -0.123. The van der Waals surface area contributed by atoms with Crippen LogP contribution in [-0.2, 0) is 16.1 Å². The van der Waals surface area contributed by atoms with Gasteiger partial charge in [0.05, 0.1) is 13.2 Å². The summed E-state index contributed by atoms with van der Waals surface area (Å²) in [5.74, 6) is 0.361. The third-order valence-electron chi connectivity index (χ3n) is 2.79. The number of amides is 1. The zero-order chi connectivity index (χ0) is 14.4. The lowest BCUT2D eigenvalue weighted by Crippen LogP contribution is -2.43. The minimum Gasteiger partial charge on any atom is -0.443 e. The minimum atomic E-state index is -0.688. The first kappa shape index (κ1) is 17.2. The van der Waals surface area contributed by atoms with Crippen molar-refractivity contribution in [2.75, 3.05) is 13.7 Å². The summed E-state index contributed by atoms with van der Waals surface area (Å²) in [6, 6.07) is 8.89. The Bertz CT molecular complexity index is 560. The molecule has 7 heteroatoms. The zero-order valence-corrected chi connectivity index (χ0v) is 12.4. The summed E-state index contributed by atoms with van der Waals surface area (Å²) in [5, 5.41) is 2.71. The molecule has 2 aromatic rings. The van der Waals surface area contributed by atoms with Crippen LogP contribution in [0.25, 0.3) is 11.3 Å². The Hall–Kier alpha value is -1.89. The standard InChI is InChI=1S/C14H17N3O3.ClH/c1-19-8-11(15)14(18)16-7-12-13(20-9-17-12)10-5-3-2-4-6-10;/h2-6,9,11H,7-8,15H2,1H3,(H,16,18);1H. The van der Waals surface area contributed by atoms with Gasteiger partial charge in [-0.15, -0.1) is 12.4 Å². The predicted molar refractivity (Wildman–Crippen MR) is 80.9 cm³/mol. The largest absolute Gasteiger partial charge is 0.443 e. The molecule has 0 aliphatic carbocycles. The summed E-state index contributed by atoms with van der Waals surface area (Å²) in [4.78, 5) is 15.8. The number of nitrogens with one attached hydrogen (secondary N) is 1. The van der Waals surface area contributed by atoms with E-state index in [0.29, 0.717) is 11.5 Å². The Kier molecular flexibility index (Phi) is 6.87. The van der Waals surface area contributed by atoms with Crippen LogP contribution in [0.1, 0.15) is 5.69 Å². The lowest BCUT2D eigenvalue weighted by Gasteiger charge is -2.10. The fourth-order valence-electron chi connectivity index (χ4n) is 1.78. The van der Waals surface area contributed by atoms with E-state index in [4.69, 9.17) is 14.9 Å². The van der Waals surface area contributed by atoms with Crippen LogP contribution in [0.15, 0.2) is 41.1 Å². The molecule has 2 rings (SSSR count). The first-order valence-electron chi connectivity index (χ1n) is 6.22. The molecule has 0 bridgehead atoms. The van der Waals surface area contributed by atoms with E-state index in [-0.39, 0.29) is 31.5 Å². The number of aromatic nitrogens is 1. The van der Waals surface area contributed by atoms with Crippen LogP contribution in [0.3, 0.4) is 0 Å². The number of hydrogen-bond acceptors (Lipinski definition) is 5. The van der Waals surface area contributed by atoms with Crippen molar-refractivity contribution in [1.82, 2.24) is 10.3 Å². The average Bonchev–Trinajstić information content (AvgIpc) is 2.94. The Balaban J connectivity index is 0.00000220. The van der Waals surface area contributed by atoms with E-state index in [0.717, 1.165) is 5.56 Å². The van der Waals surface area contributed by atoms with Crippen LogP contribution in [0.5, 0.6) is 0 Å². The number of benzene rings is 1. The summed E-state index contributed by atoms with van der Waals surface area (Å²) >= 11 is 0. The first-order chi connectivity index (χ1) is 9.72. The molecule has 0 fully saturated rings. The molecule has 1 unspecified atom stereocenters. The maximum atomic E-state index is 11.7. The zero-order valence-electron chi connectivity index (χ0n) is 11.6. The molecule has 21 heavy (non-hydrogen) atoms. The van der Waals surface area contributed by atoms with Gasteiger partial charge >= 0.3 is 0 Å². The van der Waals surface area contributed by atoms with Gasteiger partial charge in [-0.1, -0.05) is 30.3 Å². The smallest absolute Gasteiger partial charge is 0.239 e. The molecule has 0 saturated carbocycles. The molecule has 0 radical (unpaired) electrons. The van der Waals surface area contributed by atoms with Crippen molar-refractivity contribution in [3.63, 3.8) is 0 Å². The summed E-state index contributed by atoms with van der Waals surface area (Å²) < 4.78 is 10.2. The van der Waals surface area contributed by atoms with Gasteiger partial charge in [-0.25, -0.2) is 4.98 Å². The first-order valence-corrected chi connectivity index (χ1v) is 6.22. The van der Waals surface area contributed by atoms with Crippen LogP contribution in [0, 0.1) is 0 Å². The van der Waals surface area contributed by atoms with E-state index in [1.165, 1.54) is 13.5 Å². The molecular weight excluding hydrogens is 294 g/mol. The van der Waals surface area contributed by atoms with Crippen LogP contribution < -0.4 is 11.1 Å². The fraction of sp³-hybridized carbons (Fsp3) is 0.286. The molecule has 0 aliphatic rings. The molecule has 1 aromatic heterocycles. The van der Waals surface area contributed by atoms with Gasteiger partial charge in [0.15, 0.2) is 12.2 Å². The molecule has 0 aliphatic heterocycles. The number of carbonyl (C=O) groups excluding carboxylic acids is 1. The van der Waals surface area contributed by atoms with Crippen molar-refractivity contribution in [2.45, 2.75) is 12.6 Å². The van der Waals surface area contributed by atoms with Crippen LogP contribution >= 0.6 is 12.4 Å². The number of ether oxygens (including phenoxy) is 1. The molecule has 1 aromatic carbocycles. The second kappa shape index (κ2) is 8.41. The quantitative estimate of drug-likeness (QED) is 0.840. The van der Waals surface area contributed by atoms with E-state index >= 15 is 0 Å². The van der Waals surface area contributed by atoms with Gasteiger partial charge < -0.3 is 20.2 Å². The monoisotopic (exact) mass is 311 g/mol. The van der Waals surface area contributed by atoms with E-state index in [1.807, 2.05) is 30.3 Å². The average molecular weight is 312 g/mol. The third-order valence-corrected chi connectivity index (χ3v) is 2.79. The van der Waals surface area contributed by atoms with Crippen LogP contribution in [0.2, 0.25) is 0 Å². The van der Waals surface area contributed by atoms with Crippen LogP contribution in [0.4, 0.5) is 0 Å². The van der Waals surface area contributed by atoms with E-state index in [1.54, 1.807) is 0 Å². The van der Waals surface area contributed by atoms with Gasteiger partial charge in [0.25, 0.3) is 0 Å². The highest BCUT2D eigenvalue weighted by Crippen LogP contribution is 2.22. The number of nitrogens with zero attached hydrogens (tertiary/aromatic N) is 1. The maximum absolute atomic E-state index is 11.7. The van der Waals surface area contributed by atoms with Crippen molar-refractivity contribution in [1.29, 1.82) is 0 Å². The Morgan fingerprint density at radius 2 is 2.14 bits per heavy atom. The minimum absolute atomic E-state index is 0. The van der Waals surface area contributed by atoms with Crippen molar-refractivity contribution < 1.29 is 13.9 Å². The second-order valence-electron chi connectivity index (χ2n) is 4.27. The number of oxazole rings is 1. The van der Waals surface area contributed by atoms with Gasteiger partial charge in [-0.05, 0) is 0 Å². The highest BCUT2D eigenvalue weighted by atomic mass is 35.5.